The molecule has 0 aliphatic carbocycles. The number of hydrogen-bond donors (Lipinski definition) is 1. The standard InChI is InChI=1S/C22H24ClFN2O6S/c1-11-6-7-16(24)18(12(11)2)13(3)19(22(28)29)26-10-32-17-9-14(23)8-15(21(27)25(4)5)20(17)33(26,30)31/h6-9,13,19H,10H2,1-5H3,(H,28,29). The Kier molecular flexibility index (Phi) is 6.74. The fourth-order valence-corrected chi connectivity index (χ4v) is 6.00. The highest BCUT2D eigenvalue weighted by Gasteiger charge is 2.46. The first-order chi connectivity index (χ1) is 15.3. The van der Waals surface area contributed by atoms with Gasteiger partial charge in [0.05, 0.1) is 5.56 Å². The summed E-state index contributed by atoms with van der Waals surface area (Å²) >= 11 is 6.06. The van der Waals surface area contributed by atoms with Gasteiger partial charge in [-0.3, -0.25) is 9.59 Å². The molecule has 0 radical (unpaired) electrons. The lowest BCUT2D eigenvalue weighted by atomic mass is 9.88. The van der Waals surface area contributed by atoms with Gasteiger partial charge < -0.3 is 14.7 Å². The van der Waals surface area contributed by atoms with Crippen LogP contribution in [-0.2, 0) is 14.8 Å². The number of carboxylic acids is 1. The number of benzene rings is 2. The summed E-state index contributed by atoms with van der Waals surface area (Å²) in [6, 6.07) is 3.53. The average molecular weight is 499 g/mol. The molecule has 1 amide bonds. The van der Waals surface area contributed by atoms with Crippen molar-refractivity contribution in [1.29, 1.82) is 0 Å². The molecule has 2 aromatic rings. The van der Waals surface area contributed by atoms with Gasteiger partial charge in [-0.1, -0.05) is 24.6 Å². The largest absolute Gasteiger partial charge is 0.480 e. The quantitative estimate of drug-likeness (QED) is 0.677. The third-order valence-corrected chi connectivity index (χ3v) is 7.90. The number of aryl methyl sites for hydroxylation is 1. The van der Waals surface area contributed by atoms with Crippen LogP contribution in [0.3, 0.4) is 0 Å². The molecule has 2 unspecified atom stereocenters. The molecule has 178 valence electrons. The summed E-state index contributed by atoms with van der Waals surface area (Å²) in [6.45, 7) is 4.21. The Morgan fingerprint density at radius 3 is 2.45 bits per heavy atom. The third kappa shape index (κ3) is 4.30. The molecular formula is C22H24ClFN2O6S. The Balaban J connectivity index is 2.20. The van der Waals surface area contributed by atoms with Crippen molar-refractivity contribution in [1.82, 2.24) is 9.21 Å². The van der Waals surface area contributed by atoms with Crippen molar-refractivity contribution in [3.8, 4) is 5.75 Å². The van der Waals surface area contributed by atoms with Crippen LogP contribution in [0.4, 0.5) is 4.39 Å². The number of halogens is 2. The van der Waals surface area contributed by atoms with Crippen LogP contribution in [0.2, 0.25) is 5.02 Å². The van der Waals surface area contributed by atoms with Gasteiger partial charge in [-0.25, -0.2) is 12.8 Å². The molecule has 3 rings (SSSR count). The second kappa shape index (κ2) is 8.92. The molecule has 0 spiro atoms. The first-order valence-electron chi connectivity index (χ1n) is 9.97. The highest BCUT2D eigenvalue weighted by atomic mass is 35.5. The number of ether oxygens (including phenoxy) is 1. The lowest BCUT2D eigenvalue weighted by Crippen LogP contribution is -2.52. The number of carbonyl (C=O) groups excluding carboxylic acids is 1. The highest BCUT2D eigenvalue weighted by Crippen LogP contribution is 2.40. The van der Waals surface area contributed by atoms with E-state index >= 15 is 0 Å². The molecule has 0 aromatic heterocycles. The van der Waals surface area contributed by atoms with Gasteiger partial charge in [-0.15, -0.1) is 4.31 Å². The van der Waals surface area contributed by atoms with Crippen LogP contribution < -0.4 is 4.74 Å². The van der Waals surface area contributed by atoms with Crippen LogP contribution in [0.1, 0.15) is 39.9 Å². The summed E-state index contributed by atoms with van der Waals surface area (Å²) in [7, 11) is -1.66. The summed E-state index contributed by atoms with van der Waals surface area (Å²) in [4.78, 5) is 25.7. The van der Waals surface area contributed by atoms with Crippen LogP contribution in [-0.4, -0.2) is 61.5 Å². The normalized spacial score (nSPS) is 16.9. The molecule has 0 fully saturated rings. The van der Waals surface area contributed by atoms with E-state index in [1.165, 1.54) is 44.1 Å². The van der Waals surface area contributed by atoms with E-state index in [2.05, 4.69) is 0 Å². The summed E-state index contributed by atoms with van der Waals surface area (Å²) in [5.41, 5.74) is 1.12. The molecular weight excluding hydrogens is 475 g/mol. The first-order valence-corrected chi connectivity index (χ1v) is 11.8. The average Bonchev–Trinajstić information content (AvgIpc) is 2.71. The number of carboxylic acid groups (broad SMARTS) is 1. The third-order valence-electron chi connectivity index (χ3n) is 5.79. The van der Waals surface area contributed by atoms with Gasteiger partial charge in [0.2, 0.25) is 0 Å². The van der Waals surface area contributed by atoms with E-state index in [-0.39, 0.29) is 21.9 Å². The van der Waals surface area contributed by atoms with Gasteiger partial charge in [-0.2, -0.15) is 0 Å². The molecule has 1 aliphatic heterocycles. The maximum absolute atomic E-state index is 14.7. The minimum absolute atomic E-state index is 0.0863. The predicted molar refractivity (Wildman–Crippen MR) is 120 cm³/mol. The topological polar surface area (TPSA) is 104 Å². The lowest BCUT2D eigenvalue weighted by molar-refractivity contribution is -0.143. The fraction of sp³-hybridized carbons (Fsp3) is 0.364. The van der Waals surface area contributed by atoms with E-state index in [9.17, 15) is 27.5 Å². The first kappa shape index (κ1) is 24.9. The second-order valence-corrected chi connectivity index (χ2v) is 10.4. The molecule has 8 nitrogen and oxygen atoms in total. The fourth-order valence-electron chi connectivity index (χ4n) is 4.00. The van der Waals surface area contributed by atoms with Crippen LogP contribution in [0.5, 0.6) is 5.75 Å². The van der Waals surface area contributed by atoms with Crippen LogP contribution >= 0.6 is 11.6 Å². The van der Waals surface area contributed by atoms with Crippen molar-refractivity contribution in [2.75, 3.05) is 20.8 Å². The number of sulfonamides is 1. The van der Waals surface area contributed by atoms with Crippen molar-refractivity contribution in [2.45, 2.75) is 37.6 Å². The zero-order chi connectivity index (χ0) is 24.8. The minimum atomic E-state index is -4.54. The molecule has 1 aliphatic rings. The van der Waals surface area contributed by atoms with E-state index in [1.54, 1.807) is 19.9 Å². The minimum Gasteiger partial charge on any atom is -0.480 e. The number of aliphatic carboxylic acids is 1. The molecule has 0 bridgehead atoms. The zero-order valence-corrected chi connectivity index (χ0v) is 20.3. The van der Waals surface area contributed by atoms with Crippen molar-refractivity contribution in [3.05, 3.63) is 57.4 Å². The van der Waals surface area contributed by atoms with Crippen molar-refractivity contribution < 1.29 is 32.2 Å². The summed E-state index contributed by atoms with van der Waals surface area (Å²) in [6.07, 6.45) is 0. The Bertz CT molecular complexity index is 1250. The van der Waals surface area contributed by atoms with Gasteiger partial charge >= 0.3 is 5.97 Å². The Hall–Kier alpha value is -2.69. The Morgan fingerprint density at radius 2 is 1.88 bits per heavy atom. The molecule has 1 heterocycles. The van der Waals surface area contributed by atoms with Gasteiger partial charge in [-0.05, 0) is 42.7 Å². The van der Waals surface area contributed by atoms with E-state index in [0.29, 0.717) is 9.87 Å². The van der Waals surface area contributed by atoms with Crippen LogP contribution in [0.25, 0.3) is 0 Å². The summed E-state index contributed by atoms with van der Waals surface area (Å²) in [5.74, 6) is -3.99. The molecule has 33 heavy (non-hydrogen) atoms. The van der Waals surface area contributed by atoms with Gasteiger partial charge in [0.1, 0.15) is 22.5 Å². The zero-order valence-electron chi connectivity index (χ0n) is 18.7. The molecule has 1 N–H and O–H groups in total. The van der Waals surface area contributed by atoms with Crippen molar-refractivity contribution in [2.24, 2.45) is 0 Å². The van der Waals surface area contributed by atoms with Crippen molar-refractivity contribution >= 4 is 33.5 Å². The van der Waals surface area contributed by atoms with E-state index in [0.717, 1.165) is 5.56 Å². The van der Waals surface area contributed by atoms with E-state index in [4.69, 9.17) is 16.3 Å². The van der Waals surface area contributed by atoms with Gasteiger partial charge in [0, 0.05) is 31.1 Å². The number of nitrogens with zero attached hydrogens (tertiary/aromatic N) is 2. The summed E-state index contributed by atoms with van der Waals surface area (Å²) < 4.78 is 48.3. The SMILES string of the molecule is Cc1ccc(F)c(C(C)C(C(=O)O)N2COc3cc(Cl)cc(C(=O)N(C)C)c3S2(=O)=O)c1C. The molecule has 0 saturated heterocycles. The number of carbonyl (C=O) groups is 2. The Labute approximate surface area is 196 Å². The number of amides is 1. The number of hydrogen-bond acceptors (Lipinski definition) is 5. The predicted octanol–water partition coefficient (Wildman–Crippen LogP) is 3.40. The Morgan fingerprint density at radius 1 is 1.24 bits per heavy atom. The van der Waals surface area contributed by atoms with Gasteiger partial charge in [0.25, 0.3) is 15.9 Å². The van der Waals surface area contributed by atoms with Crippen molar-refractivity contribution in [3.63, 3.8) is 0 Å². The smallest absolute Gasteiger partial charge is 0.322 e. The molecule has 0 saturated carbocycles. The van der Waals surface area contributed by atoms with Gasteiger partial charge in [0.15, 0.2) is 6.73 Å². The lowest BCUT2D eigenvalue weighted by Gasteiger charge is -2.36. The summed E-state index contributed by atoms with van der Waals surface area (Å²) in [5, 5.41) is 10.1. The maximum Gasteiger partial charge on any atom is 0.322 e. The molecule has 11 heteroatoms. The highest BCUT2D eigenvalue weighted by molar-refractivity contribution is 7.89. The van der Waals surface area contributed by atoms with E-state index in [1.807, 2.05) is 0 Å². The number of fused-ring (bicyclic) bond motifs is 1. The maximum atomic E-state index is 14.7. The molecule has 2 aromatic carbocycles. The van der Waals surface area contributed by atoms with Crippen LogP contribution in [0.15, 0.2) is 29.2 Å². The monoisotopic (exact) mass is 498 g/mol. The second-order valence-electron chi connectivity index (χ2n) is 8.12. The van der Waals surface area contributed by atoms with Crippen LogP contribution in [0, 0.1) is 19.7 Å². The number of rotatable bonds is 5. The molecule has 2 atom stereocenters. The van der Waals surface area contributed by atoms with E-state index < -0.39 is 51.3 Å².